The van der Waals surface area contributed by atoms with E-state index >= 15 is 0 Å². The van der Waals surface area contributed by atoms with E-state index in [0.29, 0.717) is 56.2 Å². The van der Waals surface area contributed by atoms with Gasteiger partial charge < -0.3 is 24.5 Å². The van der Waals surface area contributed by atoms with Gasteiger partial charge in [0.05, 0.1) is 35.5 Å². The van der Waals surface area contributed by atoms with Crippen LogP contribution in [0.25, 0.3) is 11.3 Å². The summed E-state index contributed by atoms with van der Waals surface area (Å²) >= 11 is 6.38. The number of carbonyl (C=O) groups is 1. The maximum Gasteiger partial charge on any atom is 0.337 e. The summed E-state index contributed by atoms with van der Waals surface area (Å²) in [6, 6.07) is 9.87. The van der Waals surface area contributed by atoms with E-state index in [1.165, 1.54) is 24.4 Å². The van der Waals surface area contributed by atoms with E-state index in [4.69, 9.17) is 26.3 Å². The molecule has 0 aliphatic carbocycles. The maximum absolute atomic E-state index is 13.6. The standard InChI is InChI=1S/C26H28ClFN6O3/c1-16-14-32(24-21(27)11-19(13-29-24)25(35)36)7-8-33(16)23-12-22(18-3-5-20(28)6-4-18)30-26(31-23)34-9-10-37-15-17(34)2/h3-6,11-13,16-17H,7-10,14-15H2,1-2H3,(H,35,36). The number of halogens is 2. The number of aromatic nitrogens is 3. The van der Waals surface area contributed by atoms with Gasteiger partial charge in [-0.15, -0.1) is 0 Å². The summed E-state index contributed by atoms with van der Waals surface area (Å²) in [6.07, 6.45) is 1.33. The van der Waals surface area contributed by atoms with Crippen LogP contribution in [0.1, 0.15) is 24.2 Å². The second kappa shape index (κ2) is 10.5. The highest BCUT2D eigenvalue weighted by atomic mass is 35.5. The van der Waals surface area contributed by atoms with Gasteiger partial charge in [-0.25, -0.2) is 19.2 Å². The Hall–Kier alpha value is -3.50. The van der Waals surface area contributed by atoms with Crippen molar-refractivity contribution in [1.29, 1.82) is 0 Å². The minimum atomic E-state index is -1.06. The van der Waals surface area contributed by atoms with Crippen LogP contribution < -0.4 is 14.7 Å². The Bertz CT molecular complexity index is 1290. The fourth-order valence-corrected chi connectivity index (χ4v) is 5.05. The van der Waals surface area contributed by atoms with Gasteiger partial charge in [0.25, 0.3) is 0 Å². The molecule has 2 atom stereocenters. The Kier molecular flexibility index (Phi) is 7.12. The Morgan fingerprint density at radius 2 is 1.86 bits per heavy atom. The van der Waals surface area contributed by atoms with Crippen molar-refractivity contribution in [3.8, 4) is 11.3 Å². The Balaban J connectivity index is 1.44. The second-order valence-corrected chi connectivity index (χ2v) is 9.77. The molecule has 5 rings (SSSR count). The number of nitrogens with zero attached hydrogens (tertiary/aromatic N) is 6. The monoisotopic (exact) mass is 526 g/mol. The van der Waals surface area contributed by atoms with Crippen LogP contribution in [0.3, 0.4) is 0 Å². The lowest BCUT2D eigenvalue weighted by Gasteiger charge is -2.42. The molecule has 1 aromatic carbocycles. The highest BCUT2D eigenvalue weighted by Gasteiger charge is 2.29. The molecule has 9 nitrogen and oxygen atoms in total. The number of rotatable bonds is 5. The number of ether oxygens (including phenoxy) is 1. The van der Waals surface area contributed by atoms with Gasteiger partial charge in [0.15, 0.2) is 0 Å². The van der Waals surface area contributed by atoms with Crippen LogP contribution in [0.2, 0.25) is 5.02 Å². The van der Waals surface area contributed by atoms with E-state index < -0.39 is 5.97 Å². The van der Waals surface area contributed by atoms with Gasteiger partial charge >= 0.3 is 5.97 Å². The molecular weight excluding hydrogens is 499 g/mol. The predicted octanol–water partition coefficient (Wildman–Crippen LogP) is 3.97. The molecule has 37 heavy (non-hydrogen) atoms. The van der Waals surface area contributed by atoms with E-state index in [0.717, 1.165) is 17.1 Å². The highest BCUT2D eigenvalue weighted by molar-refractivity contribution is 6.33. The third kappa shape index (κ3) is 5.30. The van der Waals surface area contributed by atoms with Crippen LogP contribution in [0.15, 0.2) is 42.6 Å². The molecule has 0 bridgehead atoms. The fourth-order valence-electron chi connectivity index (χ4n) is 4.76. The number of hydrogen-bond donors (Lipinski definition) is 1. The topological polar surface area (TPSA) is 94.9 Å². The van der Waals surface area contributed by atoms with Gasteiger partial charge in [0, 0.05) is 50.0 Å². The van der Waals surface area contributed by atoms with Crippen LogP contribution in [-0.2, 0) is 4.74 Å². The molecule has 2 aromatic heterocycles. The van der Waals surface area contributed by atoms with Crippen LogP contribution in [0.5, 0.6) is 0 Å². The second-order valence-electron chi connectivity index (χ2n) is 9.36. The number of pyridine rings is 1. The molecule has 2 fully saturated rings. The zero-order valence-electron chi connectivity index (χ0n) is 20.6. The molecule has 0 spiro atoms. The van der Waals surface area contributed by atoms with Crippen molar-refractivity contribution in [2.45, 2.75) is 25.9 Å². The molecule has 1 N–H and O–H groups in total. The van der Waals surface area contributed by atoms with E-state index in [1.54, 1.807) is 12.1 Å². The Labute approximate surface area is 219 Å². The van der Waals surface area contributed by atoms with Crippen LogP contribution >= 0.6 is 11.6 Å². The van der Waals surface area contributed by atoms with Gasteiger partial charge in [-0.2, -0.15) is 4.98 Å². The number of morpholine rings is 1. The van der Waals surface area contributed by atoms with Gasteiger partial charge in [0.1, 0.15) is 17.5 Å². The number of carboxylic acid groups (broad SMARTS) is 1. The van der Waals surface area contributed by atoms with Crippen LogP contribution in [-0.4, -0.2) is 77.5 Å². The Morgan fingerprint density at radius 3 is 2.54 bits per heavy atom. The van der Waals surface area contributed by atoms with Gasteiger partial charge in [0.2, 0.25) is 5.95 Å². The average Bonchev–Trinajstić information content (AvgIpc) is 2.89. The van der Waals surface area contributed by atoms with Crippen LogP contribution in [0, 0.1) is 5.82 Å². The molecule has 4 heterocycles. The lowest BCUT2D eigenvalue weighted by molar-refractivity contribution is 0.0696. The molecule has 3 aromatic rings. The molecule has 2 unspecified atom stereocenters. The summed E-state index contributed by atoms with van der Waals surface area (Å²) in [4.78, 5) is 31.8. The number of carboxylic acids is 1. The summed E-state index contributed by atoms with van der Waals surface area (Å²) in [5.74, 6) is 0.612. The zero-order valence-corrected chi connectivity index (χ0v) is 21.4. The molecule has 194 valence electrons. The first-order chi connectivity index (χ1) is 17.8. The van der Waals surface area contributed by atoms with Crippen molar-refractivity contribution in [3.05, 3.63) is 59.0 Å². The average molecular weight is 527 g/mol. The number of anilines is 3. The lowest BCUT2D eigenvalue weighted by Crippen LogP contribution is -2.53. The lowest BCUT2D eigenvalue weighted by atomic mass is 10.1. The summed E-state index contributed by atoms with van der Waals surface area (Å²) < 4.78 is 19.2. The minimum Gasteiger partial charge on any atom is -0.478 e. The van der Waals surface area contributed by atoms with Crippen molar-refractivity contribution in [2.24, 2.45) is 0 Å². The fraction of sp³-hybridized carbons (Fsp3) is 0.385. The Morgan fingerprint density at radius 1 is 1.08 bits per heavy atom. The SMILES string of the molecule is CC1CN(c2ncc(C(=O)O)cc2Cl)CCN1c1cc(-c2ccc(F)cc2)nc(N2CCOCC2C)n1. The molecule has 2 aliphatic heterocycles. The van der Waals surface area contributed by atoms with Crippen molar-refractivity contribution >= 4 is 35.2 Å². The van der Waals surface area contributed by atoms with E-state index in [9.17, 15) is 14.3 Å². The number of piperazine rings is 1. The molecule has 2 aliphatic rings. The third-order valence-corrected chi connectivity index (χ3v) is 7.03. The first-order valence-electron chi connectivity index (χ1n) is 12.2. The van der Waals surface area contributed by atoms with E-state index in [2.05, 4.69) is 33.5 Å². The smallest absolute Gasteiger partial charge is 0.337 e. The third-order valence-electron chi connectivity index (χ3n) is 6.76. The molecule has 0 radical (unpaired) electrons. The molecule has 0 saturated carbocycles. The van der Waals surface area contributed by atoms with Crippen molar-refractivity contribution in [2.75, 3.05) is 54.1 Å². The zero-order chi connectivity index (χ0) is 26.1. The van der Waals surface area contributed by atoms with E-state index in [1.807, 2.05) is 6.07 Å². The predicted molar refractivity (Wildman–Crippen MR) is 140 cm³/mol. The van der Waals surface area contributed by atoms with Gasteiger partial charge in [-0.3, -0.25) is 0 Å². The summed E-state index contributed by atoms with van der Waals surface area (Å²) in [5.41, 5.74) is 1.59. The first kappa shape index (κ1) is 25.2. The van der Waals surface area contributed by atoms with E-state index in [-0.39, 0.29) is 23.5 Å². The van der Waals surface area contributed by atoms with Crippen molar-refractivity contribution in [3.63, 3.8) is 0 Å². The van der Waals surface area contributed by atoms with Crippen molar-refractivity contribution < 1.29 is 19.0 Å². The molecular formula is C26H28ClFN6O3. The van der Waals surface area contributed by atoms with Gasteiger partial charge in [-0.1, -0.05) is 11.6 Å². The maximum atomic E-state index is 13.6. The first-order valence-corrected chi connectivity index (χ1v) is 12.6. The quantitative estimate of drug-likeness (QED) is 0.530. The molecule has 2 saturated heterocycles. The van der Waals surface area contributed by atoms with Gasteiger partial charge in [-0.05, 0) is 44.2 Å². The van der Waals surface area contributed by atoms with Crippen LogP contribution in [0.4, 0.5) is 22.0 Å². The number of benzene rings is 1. The van der Waals surface area contributed by atoms with Crippen molar-refractivity contribution in [1.82, 2.24) is 15.0 Å². The molecule has 11 heteroatoms. The highest BCUT2D eigenvalue weighted by Crippen LogP contribution is 2.31. The summed E-state index contributed by atoms with van der Waals surface area (Å²) in [5, 5.41) is 9.51. The normalized spacial score (nSPS) is 20.3. The largest absolute Gasteiger partial charge is 0.478 e. The molecule has 0 amide bonds. The number of aromatic carboxylic acids is 1. The summed E-state index contributed by atoms with van der Waals surface area (Å²) in [6.45, 7) is 7.98. The minimum absolute atomic E-state index is 0.0525. The number of hydrogen-bond acceptors (Lipinski definition) is 8. The summed E-state index contributed by atoms with van der Waals surface area (Å²) in [7, 11) is 0.